The average Bonchev–Trinajstić information content (AvgIpc) is 2.97. The number of hydrogen-bond acceptors (Lipinski definition) is 7. The molecule has 0 amide bonds. The summed E-state index contributed by atoms with van der Waals surface area (Å²) in [6.45, 7) is 1.69. The Balaban J connectivity index is 1.12. The second-order valence-electron chi connectivity index (χ2n) is 9.39. The summed E-state index contributed by atoms with van der Waals surface area (Å²) in [5, 5.41) is 26.5. The number of hydrogen-bond donors (Lipinski definition) is 2. The zero-order valence-corrected chi connectivity index (χ0v) is 22.8. The maximum Gasteiger partial charge on any atom is 0.339 e. The monoisotopic (exact) mass is 546 g/mol. The van der Waals surface area contributed by atoms with Gasteiger partial charge in [-0.25, -0.2) is 4.79 Å². The van der Waals surface area contributed by atoms with Crippen molar-refractivity contribution in [2.45, 2.75) is 58.0 Å². The highest BCUT2D eigenvalue weighted by Crippen LogP contribution is 2.18. The van der Waals surface area contributed by atoms with E-state index in [1.165, 1.54) is 37.6 Å². The Kier molecular flexibility index (Phi) is 13.6. The zero-order valence-electron chi connectivity index (χ0n) is 22.8. The molecule has 0 spiro atoms. The molecule has 8 heteroatoms. The molecule has 2 N–H and O–H groups in total. The average molecular weight is 547 g/mol. The summed E-state index contributed by atoms with van der Waals surface area (Å²) in [6, 6.07) is 22.1. The van der Waals surface area contributed by atoms with Crippen LogP contribution in [-0.2, 0) is 16.3 Å². The highest BCUT2D eigenvalue weighted by molar-refractivity contribution is 5.93. The third-order valence-corrected chi connectivity index (χ3v) is 6.15. The molecule has 0 aliphatic rings. The smallest absolute Gasteiger partial charge is 0.339 e. The lowest BCUT2D eigenvalue weighted by Gasteiger charge is -2.06. The first-order valence-electron chi connectivity index (χ1n) is 13.8. The quantitative estimate of drug-likeness (QED) is 0.0935. The molecule has 212 valence electrons. The first kappa shape index (κ1) is 30.2. The number of oxime groups is 2. The fraction of sp³-hybridized carbons (Fsp3) is 0.344. The first-order chi connectivity index (χ1) is 19.6. The molecular formula is C32H38N2O6. The van der Waals surface area contributed by atoms with E-state index in [2.05, 4.69) is 10.3 Å². The molecule has 0 atom stereocenters. The van der Waals surface area contributed by atoms with Crippen molar-refractivity contribution < 1.29 is 29.4 Å². The van der Waals surface area contributed by atoms with Crippen molar-refractivity contribution in [2.24, 2.45) is 10.3 Å². The molecule has 0 aromatic heterocycles. The molecule has 0 aliphatic heterocycles. The number of nitrogens with zero attached hydrogens (tertiary/aromatic N) is 2. The van der Waals surface area contributed by atoms with E-state index in [1.54, 1.807) is 12.3 Å². The predicted octanol–water partition coefficient (Wildman–Crippen LogP) is 7.19. The standard InChI is InChI=1S/C32H38N2O6/c35-31-19-16-28(22-30(31)32(36)37)24-34-40-21-11-6-4-2-1-3-5-10-20-39-33-23-26-14-17-29(18-15-26)38-25-27-12-8-7-9-13-27/h7-9,12-19,22-24,35H,1-6,10-11,20-21,25H2,(H,36,37)/b33-23+,34-24+. The van der Waals surface area contributed by atoms with Gasteiger partial charge < -0.3 is 24.6 Å². The van der Waals surface area contributed by atoms with Gasteiger partial charge in [-0.2, -0.15) is 0 Å². The van der Waals surface area contributed by atoms with Crippen LogP contribution >= 0.6 is 0 Å². The summed E-state index contributed by atoms with van der Waals surface area (Å²) < 4.78 is 5.80. The summed E-state index contributed by atoms with van der Waals surface area (Å²) >= 11 is 0. The van der Waals surface area contributed by atoms with Gasteiger partial charge in [-0.1, -0.05) is 66.3 Å². The molecule has 3 aromatic carbocycles. The Bertz CT molecular complexity index is 1200. The molecule has 40 heavy (non-hydrogen) atoms. The van der Waals surface area contributed by atoms with Crippen molar-refractivity contribution >= 4 is 18.4 Å². The predicted molar refractivity (Wildman–Crippen MR) is 156 cm³/mol. The van der Waals surface area contributed by atoms with E-state index in [0.717, 1.165) is 49.0 Å². The lowest BCUT2D eigenvalue weighted by molar-refractivity contribution is 0.0693. The number of carbonyl (C=O) groups is 1. The molecule has 0 radical (unpaired) electrons. The van der Waals surface area contributed by atoms with E-state index in [-0.39, 0.29) is 11.3 Å². The van der Waals surface area contributed by atoms with Gasteiger partial charge in [0.2, 0.25) is 0 Å². The van der Waals surface area contributed by atoms with Crippen molar-refractivity contribution in [3.8, 4) is 11.5 Å². The largest absolute Gasteiger partial charge is 0.507 e. The van der Waals surface area contributed by atoms with Crippen LogP contribution in [0.4, 0.5) is 0 Å². The summed E-state index contributed by atoms with van der Waals surface area (Å²) in [5.41, 5.74) is 2.51. The molecule has 0 bridgehead atoms. The number of carboxylic acids is 1. The zero-order chi connectivity index (χ0) is 28.3. The van der Waals surface area contributed by atoms with E-state index in [9.17, 15) is 9.90 Å². The summed E-state index contributed by atoms with van der Waals surface area (Å²) in [5.74, 6) is -0.631. The summed E-state index contributed by atoms with van der Waals surface area (Å²) in [7, 11) is 0. The topological polar surface area (TPSA) is 110 Å². The molecule has 0 fully saturated rings. The van der Waals surface area contributed by atoms with Crippen LogP contribution in [0.5, 0.6) is 11.5 Å². The molecule has 3 rings (SSSR count). The van der Waals surface area contributed by atoms with Crippen molar-refractivity contribution in [2.75, 3.05) is 13.2 Å². The van der Waals surface area contributed by atoms with E-state index in [1.807, 2.05) is 54.6 Å². The minimum Gasteiger partial charge on any atom is -0.507 e. The molecule has 0 aliphatic carbocycles. The Morgan fingerprint density at radius 3 is 1.85 bits per heavy atom. The van der Waals surface area contributed by atoms with Crippen molar-refractivity contribution in [3.05, 3.63) is 95.1 Å². The number of rotatable bonds is 19. The van der Waals surface area contributed by atoms with E-state index >= 15 is 0 Å². The number of phenols is 1. The van der Waals surface area contributed by atoms with Gasteiger partial charge in [-0.05, 0) is 84.8 Å². The number of carboxylic acid groups (broad SMARTS) is 1. The van der Waals surface area contributed by atoms with Crippen LogP contribution in [-0.4, -0.2) is 41.8 Å². The van der Waals surface area contributed by atoms with Crippen LogP contribution in [0.1, 0.15) is 78.4 Å². The number of aromatic carboxylic acids is 1. The molecule has 0 unspecified atom stereocenters. The van der Waals surface area contributed by atoms with Crippen LogP contribution < -0.4 is 4.74 Å². The molecule has 0 saturated heterocycles. The van der Waals surface area contributed by atoms with Gasteiger partial charge in [0.05, 0.1) is 12.4 Å². The number of ether oxygens (including phenoxy) is 1. The van der Waals surface area contributed by atoms with Gasteiger partial charge in [0.15, 0.2) is 0 Å². The van der Waals surface area contributed by atoms with E-state index < -0.39 is 5.97 Å². The van der Waals surface area contributed by atoms with Crippen molar-refractivity contribution in [3.63, 3.8) is 0 Å². The number of aromatic hydroxyl groups is 1. The molecule has 3 aromatic rings. The Labute approximate surface area is 235 Å². The second-order valence-corrected chi connectivity index (χ2v) is 9.39. The van der Waals surface area contributed by atoms with Crippen molar-refractivity contribution in [1.82, 2.24) is 0 Å². The third kappa shape index (κ3) is 12.0. The Morgan fingerprint density at radius 2 is 1.25 bits per heavy atom. The normalized spacial score (nSPS) is 11.2. The lowest BCUT2D eigenvalue weighted by atomic mass is 10.1. The van der Waals surface area contributed by atoms with Gasteiger partial charge in [-0.15, -0.1) is 0 Å². The first-order valence-corrected chi connectivity index (χ1v) is 13.8. The highest BCUT2D eigenvalue weighted by atomic mass is 16.6. The van der Waals surface area contributed by atoms with Crippen LogP contribution in [0.25, 0.3) is 0 Å². The minimum atomic E-state index is -1.18. The van der Waals surface area contributed by atoms with Crippen LogP contribution in [0, 0.1) is 0 Å². The Morgan fingerprint density at radius 1 is 0.700 bits per heavy atom. The lowest BCUT2D eigenvalue weighted by Crippen LogP contribution is -1.98. The van der Waals surface area contributed by atoms with Crippen molar-refractivity contribution in [1.29, 1.82) is 0 Å². The maximum atomic E-state index is 11.0. The summed E-state index contributed by atoms with van der Waals surface area (Å²) in [6.07, 6.45) is 12.0. The van der Waals surface area contributed by atoms with Gasteiger partial charge >= 0.3 is 5.97 Å². The Hall–Kier alpha value is -4.33. The van der Waals surface area contributed by atoms with E-state index in [0.29, 0.717) is 25.4 Å². The third-order valence-electron chi connectivity index (χ3n) is 6.15. The van der Waals surface area contributed by atoms with Gasteiger partial charge in [-0.3, -0.25) is 0 Å². The fourth-order valence-electron chi connectivity index (χ4n) is 3.89. The maximum absolute atomic E-state index is 11.0. The number of unbranched alkanes of at least 4 members (excludes halogenated alkanes) is 7. The minimum absolute atomic E-state index is 0.159. The molecule has 0 saturated carbocycles. The van der Waals surface area contributed by atoms with Gasteiger partial charge in [0.1, 0.15) is 36.9 Å². The number of benzene rings is 3. The second kappa shape index (κ2) is 18.0. The molecular weight excluding hydrogens is 508 g/mol. The highest BCUT2D eigenvalue weighted by Gasteiger charge is 2.09. The van der Waals surface area contributed by atoms with Gasteiger partial charge in [0, 0.05) is 0 Å². The molecule has 8 nitrogen and oxygen atoms in total. The fourth-order valence-corrected chi connectivity index (χ4v) is 3.89. The van der Waals surface area contributed by atoms with Crippen LogP contribution in [0.3, 0.4) is 0 Å². The van der Waals surface area contributed by atoms with Crippen LogP contribution in [0.15, 0.2) is 83.1 Å². The van der Waals surface area contributed by atoms with Crippen LogP contribution in [0.2, 0.25) is 0 Å². The van der Waals surface area contributed by atoms with Gasteiger partial charge in [0.25, 0.3) is 0 Å². The summed E-state index contributed by atoms with van der Waals surface area (Å²) in [4.78, 5) is 21.7. The molecule has 0 heterocycles. The SMILES string of the molecule is O=C(O)c1cc(/C=N/OCCCCCCCCCCO/N=C/c2ccc(OCc3ccccc3)cc2)ccc1O. The van der Waals surface area contributed by atoms with E-state index in [4.69, 9.17) is 19.5 Å².